The number of aromatic nitrogens is 2. The number of aromatic hydroxyl groups is 1. The van der Waals surface area contributed by atoms with E-state index in [0.29, 0.717) is 25.8 Å². The van der Waals surface area contributed by atoms with E-state index in [1.54, 1.807) is 17.0 Å². The number of amides is 1. The smallest absolute Gasteiger partial charge is 0.276 e. The number of benzene rings is 2. The number of hydrogen-bond donors (Lipinski definition) is 1. The molecule has 8 heteroatoms. The molecule has 3 aromatic rings. The van der Waals surface area contributed by atoms with E-state index in [4.69, 9.17) is 0 Å². The second kappa shape index (κ2) is 8.10. The van der Waals surface area contributed by atoms with Gasteiger partial charge < -0.3 is 10.0 Å². The number of hydrogen-bond acceptors (Lipinski definition) is 4. The fourth-order valence-electron chi connectivity index (χ4n) is 5.19. The summed E-state index contributed by atoms with van der Waals surface area (Å²) in [6.07, 6.45) is 2.78. The number of halogens is 2. The molecule has 2 heterocycles. The molecule has 6 nitrogen and oxygen atoms in total. The summed E-state index contributed by atoms with van der Waals surface area (Å²) < 4.78 is 29.7. The molecule has 0 spiro atoms. The molecule has 2 aromatic carbocycles. The maximum absolute atomic E-state index is 14.1. The summed E-state index contributed by atoms with van der Waals surface area (Å²) in [5, 5.41) is 14.8. The lowest BCUT2D eigenvalue weighted by molar-refractivity contribution is 0.0634. The first-order valence-corrected chi connectivity index (χ1v) is 11.1. The quantitative estimate of drug-likeness (QED) is 0.661. The Labute approximate surface area is 189 Å². The Balaban J connectivity index is 1.78. The van der Waals surface area contributed by atoms with Crippen molar-refractivity contribution in [3.05, 3.63) is 92.4 Å². The molecule has 170 valence electrons. The van der Waals surface area contributed by atoms with E-state index in [1.165, 1.54) is 28.9 Å². The van der Waals surface area contributed by atoms with Gasteiger partial charge in [-0.2, -0.15) is 5.10 Å². The molecular weight excluding hydrogens is 428 g/mol. The van der Waals surface area contributed by atoms with E-state index < -0.39 is 23.1 Å². The van der Waals surface area contributed by atoms with Crippen LogP contribution in [0.5, 0.6) is 5.75 Å². The zero-order valence-electron chi connectivity index (χ0n) is 18.1. The number of rotatable bonds is 3. The minimum Gasteiger partial charge on any atom is -0.502 e. The van der Waals surface area contributed by atoms with E-state index >= 15 is 0 Å². The molecule has 1 N–H and O–H groups in total. The minimum absolute atomic E-state index is 0.149. The summed E-state index contributed by atoms with van der Waals surface area (Å²) in [6.45, 7) is 2.67. The van der Waals surface area contributed by atoms with E-state index in [-0.39, 0.29) is 29.8 Å². The van der Waals surface area contributed by atoms with Gasteiger partial charge in [-0.25, -0.2) is 8.78 Å². The van der Waals surface area contributed by atoms with Crippen molar-refractivity contribution >= 4 is 5.91 Å². The molecule has 0 saturated heterocycles. The summed E-state index contributed by atoms with van der Waals surface area (Å²) in [7, 11) is 0. The van der Waals surface area contributed by atoms with Crippen LogP contribution in [0.25, 0.3) is 0 Å². The molecular formula is C25H23F2N3O3. The van der Waals surface area contributed by atoms with Crippen LogP contribution in [-0.2, 0) is 12.8 Å². The summed E-state index contributed by atoms with van der Waals surface area (Å²) in [6, 6.07) is 8.78. The third-order valence-corrected chi connectivity index (χ3v) is 6.62. The predicted octanol–water partition coefficient (Wildman–Crippen LogP) is 3.56. The second-order valence-electron chi connectivity index (χ2n) is 8.63. The fourth-order valence-corrected chi connectivity index (χ4v) is 5.19. The van der Waals surface area contributed by atoms with Gasteiger partial charge in [-0.05, 0) is 65.8 Å². The Bertz CT molecular complexity index is 1270. The van der Waals surface area contributed by atoms with Crippen LogP contribution in [0.1, 0.15) is 58.0 Å². The van der Waals surface area contributed by atoms with Gasteiger partial charge in [0, 0.05) is 19.0 Å². The zero-order chi connectivity index (χ0) is 23.3. The van der Waals surface area contributed by atoms with Crippen LogP contribution >= 0.6 is 0 Å². The second-order valence-corrected chi connectivity index (χ2v) is 8.63. The predicted molar refractivity (Wildman–Crippen MR) is 117 cm³/mol. The fraction of sp³-hybridized carbons (Fsp3) is 0.320. The van der Waals surface area contributed by atoms with Crippen LogP contribution in [0.4, 0.5) is 8.78 Å². The number of nitrogens with zero attached hydrogens (tertiary/aromatic N) is 3. The topological polar surface area (TPSA) is 75.4 Å². The Kier molecular flexibility index (Phi) is 5.23. The van der Waals surface area contributed by atoms with Crippen molar-refractivity contribution in [2.45, 2.75) is 38.1 Å². The number of fused-ring (bicyclic) bond motifs is 3. The highest BCUT2D eigenvalue weighted by Crippen LogP contribution is 2.44. The highest BCUT2D eigenvalue weighted by Gasteiger charge is 2.41. The molecule has 0 bridgehead atoms. The maximum atomic E-state index is 14.1. The Morgan fingerprint density at radius 1 is 1.03 bits per heavy atom. The van der Waals surface area contributed by atoms with Crippen molar-refractivity contribution in [3.63, 3.8) is 0 Å². The first-order valence-electron chi connectivity index (χ1n) is 11.1. The first kappa shape index (κ1) is 21.3. The lowest BCUT2D eigenvalue weighted by Gasteiger charge is -2.39. The van der Waals surface area contributed by atoms with E-state index in [0.717, 1.165) is 28.5 Å². The molecule has 1 unspecified atom stereocenters. The summed E-state index contributed by atoms with van der Waals surface area (Å²) in [4.78, 5) is 26.9. The third-order valence-electron chi connectivity index (χ3n) is 6.62. The van der Waals surface area contributed by atoms with Crippen molar-refractivity contribution in [1.29, 1.82) is 0 Å². The van der Waals surface area contributed by atoms with Crippen LogP contribution in [0, 0.1) is 11.6 Å². The molecule has 5 rings (SSSR count). The highest BCUT2D eigenvalue weighted by molar-refractivity contribution is 5.95. The van der Waals surface area contributed by atoms with Crippen LogP contribution in [-0.4, -0.2) is 38.8 Å². The van der Waals surface area contributed by atoms with Gasteiger partial charge in [0.25, 0.3) is 5.91 Å². The van der Waals surface area contributed by atoms with E-state index in [9.17, 15) is 23.5 Å². The zero-order valence-corrected chi connectivity index (χ0v) is 18.1. The standard InChI is InChI=1S/C25H23F2N3O3/c1-2-9-29-13-20(30-23(25(29)33)24(32)21(31)12-28-30)22-18-7-5-16(26)10-14(18)3-4-15-11-17(27)6-8-19(15)22/h5-8,10-12,20,22,32H,2-4,9,13H2,1H3. The molecule has 1 aromatic heterocycles. The molecule has 0 fully saturated rings. The van der Waals surface area contributed by atoms with Crippen molar-refractivity contribution in [1.82, 2.24) is 14.7 Å². The lowest BCUT2D eigenvalue weighted by atomic mass is 9.81. The third kappa shape index (κ3) is 3.50. The van der Waals surface area contributed by atoms with Crippen LogP contribution in [0.15, 0.2) is 47.4 Å². The van der Waals surface area contributed by atoms with Crippen molar-refractivity contribution in [3.8, 4) is 5.75 Å². The van der Waals surface area contributed by atoms with Gasteiger partial charge in [-0.3, -0.25) is 14.3 Å². The molecule has 33 heavy (non-hydrogen) atoms. The summed E-state index contributed by atoms with van der Waals surface area (Å²) in [5.74, 6) is -2.18. The van der Waals surface area contributed by atoms with Gasteiger partial charge in [0.2, 0.25) is 5.43 Å². The summed E-state index contributed by atoms with van der Waals surface area (Å²) in [5.41, 5.74) is 2.47. The average Bonchev–Trinajstić information content (AvgIpc) is 2.94. The van der Waals surface area contributed by atoms with Crippen LogP contribution in [0.2, 0.25) is 0 Å². The largest absolute Gasteiger partial charge is 0.502 e. The first-order chi connectivity index (χ1) is 15.9. The van der Waals surface area contributed by atoms with Crippen LogP contribution in [0.3, 0.4) is 0 Å². The Hall–Kier alpha value is -3.55. The van der Waals surface area contributed by atoms with E-state index in [2.05, 4.69) is 5.10 Å². The van der Waals surface area contributed by atoms with Crippen molar-refractivity contribution in [2.24, 2.45) is 0 Å². The molecule has 1 amide bonds. The molecule has 1 atom stereocenters. The van der Waals surface area contributed by atoms with Gasteiger partial charge in [0.05, 0.1) is 12.2 Å². The van der Waals surface area contributed by atoms with Gasteiger partial charge in [0.15, 0.2) is 11.4 Å². The van der Waals surface area contributed by atoms with Crippen LogP contribution < -0.4 is 5.43 Å². The highest BCUT2D eigenvalue weighted by atomic mass is 19.1. The van der Waals surface area contributed by atoms with Gasteiger partial charge in [-0.15, -0.1) is 0 Å². The monoisotopic (exact) mass is 451 g/mol. The van der Waals surface area contributed by atoms with Gasteiger partial charge >= 0.3 is 0 Å². The maximum Gasteiger partial charge on any atom is 0.276 e. The molecule has 1 aliphatic heterocycles. The van der Waals surface area contributed by atoms with Gasteiger partial charge in [0.1, 0.15) is 11.6 Å². The minimum atomic E-state index is -0.725. The number of carbonyl (C=O) groups is 1. The summed E-state index contributed by atoms with van der Waals surface area (Å²) >= 11 is 0. The molecule has 0 radical (unpaired) electrons. The molecule has 0 saturated carbocycles. The van der Waals surface area contributed by atoms with Gasteiger partial charge in [-0.1, -0.05) is 19.1 Å². The van der Waals surface area contributed by atoms with E-state index in [1.807, 2.05) is 6.92 Å². The number of aryl methyl sites for hydroxylation is 2. The van der Waals surface area contributed by atoms with Crippen molar-refractivity contribution in [2.75, 3.05) is 13.1 Å². The molecule has 1 aliphatic carbocycles. The SMILES string of the molecule is CCCN1CC(C2c3ccc(F)cc3CCc3cc(F)ccc32)n2ncc(=O)c(O)c2C1=O. The van der Waals surface area contributed by atoms with Crippen molar-refractivity contribution < 1.29 is 18.7 Å². The molecule has 2 aliphatic rings. The number of carbonyl (C=O) groups excluding carboxylic acids is 1. The average molecular weight is 451 g/mol. The Morgan fingerprint density at radius 2 is 1.64 bits per heavy atom. The lowest BCUT2D eigenvalue weighted by Crippen LogP contribution is -2.47. The normalized spacial score (nSPS) is 17.8. The Morgan fingerprint density at radius 3 is 2.21 bits per heavy atom.